The molecule has 0 saturated carbocycles. The molecule has 2 heterocycles. The molecule has 0 atom stereocenters. The minimum Gasteiger partial charge on any atom is -0.436 e. The van der Waals surface area contributed by atoms with Crippen LogP contribution in [0.5, 0.6) is 0 Å². The van der Waals surface area contributed by atoms with Gasteiger partial charge in [-0.3, -0.25) is 0 Å². The zero-order valence-electron chi connectivity index (χ0n) is 20.1. The number of rotatable bonds is 6. The normalized spacial score (nSPS) is 11.2. The van der Waals surface area contributed by atoms with Crippen molar-refractivity contribution in [1.82, 2.24) is 4.57 Å². The van der Waals surface area contributed by atoms with E-state index in [-0.39, 0.29) is 0 Å². The van der Waals surface area contributed by atoms with E-state index in [9.17, 15) is 5.26 Å². The first-order valence-electron chi connectivity index (χ1n) is 12.2. The maximum Gasteiger partial charge on any atom is 0.238 e. The number of aliphatic imine (C=N–C) groups is 1. The Bertz CT molecular complexity index is 1740. The molecule has 0 saturated heterocycles. The van der Waals surface area contributed by atoms with Crippen molar-refractivity contribution in [3.05, 3.63) is 138 Å². The molecule has 6 rings (SSSR count). The number of benzene rings is 4. The second-order valence-electron chi connectivity index (χ2n) is 8.80. The summed E-state index contributed by atoms with van der Waals surface area (Å²) >= 11 is 0. The first kappa shape index (κ1) is 22.3. The molecule has 0 fully saturated rings. The lowest BCUT2D eigenvalue weighted by molar-refractivity contribution is 0.593. The van der Waals surface area contributed by atoms with Crippen LogP contribution in [-0.2, 0) is 6.54 Å². The Balaban J connectivity index is 1.46. The Morgan fingerprint density at radius 2 is 1.38 bits per heavy atom. The maximum atomic E-state index is 10.2. The summed E-state index contributed by atoms with van der Waals surface area (Å²) in [5, 5.41) is 11.3. The smallest absolute Gasteiger partial charge is 0.238 e. The van der Waals surface area contributed by atoms with Crippen LogP contribution < -0.4 is 0 Å². The van der Waals surface area contributed by atoms with Gasteiger partial charge in [-0.05, 0) is 17.2 Å². The molecule has 0 amide bonds. The van der Waals surface area contributed by atoms with Crippen LogP contribution in [-0.4, -0.2) is 10.8 Å². The highest BCUT2D eigenvalue weighted by molar-refractivity contribution is 6.00. The van der Waals surface area contributed by atoms with E-state index in [1.165, 1.54) is 5.56 Å². The molecule has 0 unspecified atom stereocenters. The summed E-state index contributed by atoms with van der Waals surface area (Å²) in [6.45, 7) is 0.760. The fourth-order valence-corrected chi connectivity index (χ4v) is 4.70. The summed E-state index contributed by atoms with van der Waals surface area (Å²) < 4.78 is 8.51. The second-order valence-corrected chi connectivity index (χ2v) is 8.80. The predicted octanol–water partition coefficient (Wildman–Crippen LogP) is 8.24. The Morgan fingerprint density at radius 3 is 2.08 bits per heavy atom. The summed E-state index contributed by atoms with van der Waals surface area (Å²) in [4.78, 5) is 4.72. The fourth-order valence-electron chi connectivity index (χ4n) is 4.70. The average Bonchev–Trinajstić information content (AvgIpc) is 3.51. The molecule has 0 aliphatic rings. The molecule has 2 aromatic heterocycles. The number of nitrogens with zero attached hydrogens (tertiary/aromatic N) is 3. The first-order valence-corrected chi connectivity index (χ1v) is 12.2. The summed E-state index contributed by atoms with van der Waals surface area (Å²) in [6.07, 6.45) is 3.90. The van der Waals surface area contributed by atoms with Gasteiger partial charge in [-0.25, -0.2) is 4.99 Å². The number of furan rings is 1. The average molecular weight is 478 g/mol. The molecular formula is C33H23N3O. The van der Waals surface area contributed by atoms with Gasteiger partial charge >= 0.3 is 0 Å². The van der Waals surface area contributed by atoms with Crippen molar-refractivity contribution < 1.29 is 4.42 Å². The lowest BCUT2D eigenvalue weighted by Crippen LogP contribution is -1.97. The van der Waals surface area contributed by atoms with Crippen LogP contribution in [0, 0.1) is 11.3 Å². The van der Waals surface area contributed by atoms with Crippen molar-refractivity contribution in [3.63, 3.8) is 0 Å². The van der Waals surface area contributed by atoms with Crippen LogP contribution in [0.25, 0.3) is 33.4 Å². The molecular weight excluding hydrogens is 454 g/mol. The van der Waals surface area contributed by atoms with Gasteiger partial charge in [0.1, 0.15) is 17.4 Å². The van der Waals surface area contributed by atoms with Crippen LogP contribution in [0.3, 0.4) is 0 Å². The predicted molar refractivity (Wildman–Crippen MR) is 149 cm³/mol. The first-order chi connectivity index (χ1) is 18.3. The summed E-state index contributed by atoms with van der Waals surface area (Å²) in [5.41, 5.74) is 6.32. The standard InChI is InChI=1S/C33H23N3O/c34-20-29-31(25-14-6-2-7-15-25)32(26-16-8-3-9-17-26)37-33(29)35-21-27-23-36(22-24-12-4-1-5-13-24)30-19-11-10-18-28(27)30/h1-19,21,23H,22H2/b35-21+. The summed E-state index contributed by atoms with van der Waals surface area (Å²) in [7, 11) is 0. The molecule has 6 aromatic rings. The van der Waals surface area contributed by atoms with Gasteiger partial charge in [-0.1, -0.05) is 109 Å². The number of fused-ring (bicyclic) bond motifs is 1. The lowest BCUT2D eigenvalue weighted by atomic mass is 9.98. The summed E-state index contributed by atoms with van der Waals surface area (Å²) in [5.74, 6) is 0.946. The zero-order chi connectivity index (χ0) is 25.0. The number of hydrogen-bond acceptors (Lipinski definition) is 3. The van der Waals surface area contributed by atoms with Crippen LogP contribution >= 0.6 is 0 Å². The van der Waals surface area contributed by atoms with E-state index in [1.807, 2.05) is 78.9 Å². The highest BCUT2D eigenvalue weighted by atomic mass is 16.4. The molecule has 0 radical (unpaired) electrons. The largest absolute Gasteiger partial charge is 0.436 e. The van der Waals surface area contributed by atoms with Crippen LogP contribution in [0.15, 0.2) is 131 Å². The molecule has 0 spiro atoms. The van der Waals surface area contributed by atoms with Gasteiger partial charge in [0.25, 0.3) is 0 Å². The quantitative estimate of drug-likeness (QED) is 0.227. The third kappa shape index (κ3) is 4.35. The van der Waals surface area contributed by atoms with Crippen LogP contribution in [0.1, 0.15) is 16.7 Å². The van der Waals surface area contributed by atoms with E-state index in [1.54, 1.807) is 6.21 Å². The van der Waals surface area contributed by atoms with Gasteiger partial charge in [-0.2, -0.15) is 5.26 Å². The van der Waals surface area contributed by atoms with Crippen molar-refractivity contribution in [3.8, 4) is 28.5 Å². The highest BCUT2D eigenvalue weighted by Crippen LogP contribution is 2.42. The molecule has 0 bridgehead atoms. The molecule has 0 aliphatic heterocycles. The van der Waals surface area contributed by atoms with Gasteiger partial charge < -0.3 is 8.98 Å². The van der Waals surface area contributed by atoms with Gasteiger partial charge in [-0.15, -0.1) is 0 Å². The fraction of sp³-hybridized carbons (Fsp3) is 0.0303. The Labute approximate surface area is 215 Å². The molecule has 0 aliphatic carbocycles. The van der Waals surface area contributed by atoms with E-state index < -0.39 is 0 Å². The maximum absolute atomic E-state index is 10.2. The number of nitriles is 1. The van der Waals surface area contributed by atoms with E-state index >= 15 is 0 Å². The SMILES string of the molecule is N#Cc1c(/N=C/c2cn(Cc3ccccc3)c3ccccc23)oc(-c2ccccc2)c1-c1ccccc1. The van der Waals surface area contributed by atoms with Gasteiger partial charge in [0.05, 0.1) is 0 Å². The van der Waals surface area contributed by atoms with Crippen LogP contribution in [0.2, 0.25) is 0 Å². The third-order valence-corrected chi connectivity index (χ3v) is 6.44. The minimum absolute atomic E-state index is 0.306. The molecule has 4 aromatic carbocycles. The van der Waals surface area contributed by atoms with Crippen molar-refractivity contribution in [2.75, 3.05) is 0 Å². The van der Waals surface area contributed by atoms with Crippen molar-refractivity contribution in [2.45, 2.75) is 6.54 Å². The third-order valence-electron chi connectivity index (χ3n) is 6.44. The minimum atomic E-state index is 0.306. The van der Waals surface area contributed by atoms with Crippen molar-refractivity contribution in [1.29, 1.82) is 5.26 Å². The van der Waals surface area contributed by atoms with Gasteiger partial charge in [0, 0.05) is 46.5 Å². The van der Waals surface area contributed by atoms with Crippen molar-refractivity contribution >= 4 is 23.0 Å². The zero-order valence-corrected chi connectivity index (χ0v) is 20.1. The molecule has 37 heavy (non-hydrogen) atoms. The highest BCUT2D eigenvalue weighted by Gasteiger charge is 2.22. The number of hydrogen-bond donors (Lipinski definition) is 0. The van der Waals surface area contributed by atoms with Crippen LogP contribution in [0.4, 0.5) is 5.88 Å². The van der Waals surface area contributed by atoms with E-state index in [2.05, 4.69) is 53.2 Å². The second kappa shape index (κ2) is 9.85. The molecule has 176 valence electrons. The topological polar surface area (TPSA) is 54.2 Å². The Hall–Kier alpha value is -5.14. The molecule has 0 N–H and O–H groups in total. The van der Waals surface area contributed by atoms with Gasteiger partial charge in [0.15, 0.2) is 0 Å². The number of para-hydroxylation sites is 1. The van der Waals surface area contributed by atoms with E-state index in [4.69, 9.17) is 9.41 Å². The van der Waals surface area contributed by atoms with Crippen molar-refractivity contribution in [2.24, 2.45) is 4.99 Å². The van der Waals surface area contributed by atoms with E-state index in [0.717, 1.165) is 39.7 Å². The lowest BCUT2D eigenvalue weighted by Gasteiger charge is -2.05. The number of aromatic nitrogens is 1. The monoisotopic (exact) mass is 477 g/mol. The summed E-state index contributed by atoms with van der Waals surface area (Å²) in [6, 6.07) is 40.7. The Kier molecular flexibility index (Phi) is 5.94. The Morgan fingerprint density at radius 1 is 0.757 bits per heavy atom. The molecule has 4 heteroatoms. The van der Waals surface area contributed by atoms with Gasteiger partial charge in [0.2, 0.25) is 5.88 Å². The molecule has 4 nitrogen and oxygen atoms in total. The van der Waals surface area contributed by atoms with E-state index in [0.29, 0.717) is 17.2 Å².